The molecular formula is C12H17N. The zero-order valence-corrected chi connectivity index (χ0v) is 8.38. The minimum atomic E-state index is -0.195. The lowest BCUT2D eigenvalue weighted by Gasteiger charge is -2.22. The van der Waals surface area contributed by atoms with Gasteiger partial charge in [0.2, 0.25) is 0 Å². The summed E-state index contributed by atoms with van der Waals surface area (Å²) in [6, 6.07) is 8.58. The van der Waals surface area contributed by atoms with Crippen molar-refractivity contribution in [1.82, 2.24) is 0 Å². The van der Waals surface area contributed by atoms with Gasteiger partial charge in [-0.15, -0.1) is 0 Å². The Bertz CT molecular complexity index is 305. The van der Waals surface area contributed by atoms with E-state index in [0.717, 1.165) is 5.92 Å². The SMILES string of the molecule is CC(C)(N)c1ccccc1C1CC1. The zero-order chi connectivity index (χ0) is 9.47. The van der Waals surface area contributed by atoms with Gasteiger partial charge in [-0.2, -0.15) is 0 Å². The molecule has 1 heteroatoms. The minimum Gasteiger partial charge on any atom is -0.322 e. The molecule has 1 aliphatic carbocycles. The first-order valence-corrected chi connectivity index (χ1v) is 4.97. The highest BCUT2D eigenvalue weighted by Crippen LogP contribution is 2.43. The quantitative estimate of drug-likeness (QED) is 0.735. The van der Waals surface area contributed by atoms with E-state index in [1.165, 1.54) is 24.0 Å². The molecule has 1 fully saturated rings. The van der Waals surface area contributed by atoms with Crippen LogP contribution in [0.1, 0.15) is 43.7 Å². The fraction of sp³-hybridized carbons (Fsp3) is 0.500. The highest BCUT2D eigenvalue weighted by molar-refractivity contribution is 5.37. The lowest BCUT2D eigenvalue weighted by molar-refractivity contribution is 0.548. The van der Waals surface area contributed by atoms with Crippen LogP contribution >= 0.6 is 0 Å². The van der Waals surface area contributed by atoms with Crippen molar-refractivity contribution < 1.29 is 0 Å². The Kier molecular flexibility index (Phi) is 1.92. The largest absolute Gasteiger partial charge is 0.322 e. The van der Waals surface area contributed by atoms with Crippen molar-refractivity contribution in [2.24, 2.45) is 5.73 Å². The summed E-state index contributed by atoms with van der Waals surface area (Å²) in [5.74, 6) is 0.791. The van der Waals surface area contributed by atoms with Crippen LogP contribution in [0, 0.1) is 0 Å². The Labute approximate surface area is 80.0 Å². The van der Waals surface area contributed by atoms with Gasteiger partial charge >= 0.3 is 0 Å². The van der Waals surface area contributed by atoms with Gasteiger partial charge in [-0.3, -0.25) is 0 Å². The van der Waals surface area contributed by atoms with Crippen LogP contribution in [0.15, 0.2) is 24.3 Å². The molecule has 0 aliphatic heterocycles. The van der Waals surface area contributed by atoms with Crippen molar-refractivity contribution in [3.63, 3.8) is 0 Å². The lowest BCUT2D eigenvalue weighted by atomic mass is 9.89. The van der Waals surface area contributed by atoms with Crippen LogP contribution in [-0.4, -0.2) is 0 Å². The fourth-order valence-corrected chi connectivity index (χ4v) is 1.83. The van der Waals surface area contributed by atoms with Crippen molar-refractivity contribution in [3.05, 3.63) is 35.4 Å². The van der Waals surface area contributed by atoms with Crippen LogP contribution in [0.25, 0.3) is 0 Å². The van der Waals surface area contributed by atoms with Gasteiger partial charge in [-0.25, -0.2) is 0 Å². The zero-order valence-electron chi connectivity index (χ0n) is 8.38. The van der Waals surface area contributed by atoms with E-state index >= 15 is 0 Å². The molecule has 13 heavy (non-hydrogen) atoms. The molecule has 1 aromatic carbocycles. The van der Waals surface area contributed by atoms with Gasteiger partial charge in [0.05, 0.1) is 0 Å². The maximum absolute atomic E-state index is 6.12. The predicted molar refractivity (Wildman–Crippen MR) is 55.6 cm³/mol. The molecule has 1 aromatic rings. The van der Waals surface area contributed by atoms with E-state index in [2.05, 4.69) is 38.1 Å². The average molecular weight is 175 g/mol. The second kappa shape index (κ2) is 2.85. The molecular weight excluding hydrogens is 158 g/mol. The predicted octanol–water partition coefficient (Wildman–Crippen LogP) is 2.76. The summed E-state index contributed by atoms with van der Waals surface area (Å²) in [5, 5.41) is 0. The van der Waals surface area contributed by atoms with E-state index in [4.69, 9.17) is 5.73 Å². The smallest absolute Gasteiger partial charge is 0.0355 e. The van der Waals surface area contributed by atoms with E-state index in [9.17, 15) is 0 Å². The van der Waals surface area contributed by atoms with Crippen molar-refractivity contribution >= 4 is 0 Å². The maximum Gasteiger partial charge on any atom is 0.0355 e. The summed E-state index contributed by atoms with van der Waals surface area (Å²) in [6.45, 7) is 4.16. The second-order valence-corrected chi connectivity index (χ2v) is 4.58. The van der Waals surface area contributed by atoms with Crippen molar-refractivity contribution in [2.75, 3.05) is 0 Å². The number of nitrogens with two attached hydrogens (primary N) is 1. The van der Waals surface area contributed by atoms with Gasteiger partial charge < -0.3 is 5.73 Å². The fourth-order valence-electron chi connectivity index (χ4n) is 1.83. The van der Waals surface area contributed by atoms with E-state index in [0.29, 0.717) is 0 Å². The van der Waals surface area contributed by atoms with Crippen molar-refractivity contribution in [2.45, 2.75) is 38.1 Å². The van der Waals surface area contributed by atoms with Gasteiger partial charge in [0, 0.05) is 5.54 Å². The van der Waals surface area contributed by atoms with Gasteiger partial charge in [-0.05, 0) is 43.7 Å². The van der Waals surface area contributed by atoms with E-state index < -0.39 is 0 Å². The normalized spacial score (nSPS) is 17.5. The van der Waals surface area contributed by atoms with Crippen LogP contribution < -0.4 is 5.73 Å². The van der Waals surface area contributed by atoms with Gasteiger partial charge in [0.25, 0.3) is 0 Å². The monoisotopic (exact) mass is 175 g/mol. The summed E-state index contributed by atoms with van der Waals surface area (Å²) in [4.78, 5) is 0. The summed E-state index contributed by atoms with van der Waals surface area (Å²) in [5.41, 5.74) is 8.71. The van der Waals surface area contributed by atoms with Crippen molar-refractivity contribution in [1.29, 1.82) is 0 Å². The Balaban J connectivity index is 2.43. The van der Waals surface area contributed by atoms with Crippen LogP contribution in [0.4, 0.5) is 0 Å². The third kappa shape index (κ3) is 1.75. The topological polar surface area (TPSA) is 26.0 Å². The number of hydrogen-bond acceptors (Lipinski definition) is 1. The van der Waals surface area contributed by atoms with Crippen molar-refractivity contribution in [3.8, 4) is 0 Å². The molecule has 0 aromatic heterocycles. The van der Waals surface area contributed by atoms with Gasteiger partial charge in [0.15, 0.2) is 0 Å². The lowest BCUT2D eigenvalue weighted by Crippen LogP contribution is -2.29. The van der Waals surface area contributed by atoms with Gasteiger partial charge in [0.1, 0.15) is 0 Å². The molecule has 0 atom stereocenters. The molecule has 2 rings (SSSR count). The van der Waals surface area contributed by atoms with Crippen LogP contribution in [0.3, 0.4) is 0 Å². The molecule has 0 bridgehead atoms. The molecule has 70 valence electrons. The number of rotatable bonds is 2. The molecule has 0 amide bonds. The molecule has 1 saturated carbocycles. The first-order valence-electron chi connectivity index (χ1n) is 4.97. The summed E-state index contributed by atoms with van der Waals surface area (Å²) < 4.78 is 0. The van der Waals surface area contributed by atoms with E-state index in [1.54, 1.807) is 0 Å². The van der Waals surface area contributed by atoms with Gasteiger partial charge in [-0.1, -0.05) is 24.3 Å². The Morgan fingerprint density at radius 1 is 1.23 bits per heavy atom. The van der Waals surface area contributed by atoms with E-state index in [1.807, 2.05) is 0 Å². The highest BCUT2D eigenvalue weighted by Gasteiger charge is 2.29. The first kappa shape index (κ1) is 8.76. The Morgan fingerprint density at radius 2 is 1.85 bits per heavy atom. The molecule has 2 N–H and O–H groups in total. The molecule has 0 heterocycles. The van der Waals surface area contributed by atoms with Crippen LogP contribution in [0.5, 0.6) is 0 Å². The standard InChI is InChI=1S/C12H17N/c1-12(2,13)11-6-4-3-5-10(11)9-7-8-9/h3-6,9H,7-8,13H2,1-2H3. The second-order valence-electron chi connectivity index (χ2n) is 4.58. The third-order valence-electron chi connectivity index (χ3n) is 2.67. The first-order chi connectivity index (χ1) is 6.09. The number of benzene rings is 1. The number of hydrogen-bond donors (Lipinski definition) is 1. The maximum atomic E-state index is 6.12. The molecule has 1 nitrogen and oxygen atoms in total. The minimum absolute atomic E-state index is 0.195. The van der Waals surface area contributed by atoms with Crippen LogP contribution in [0.2, 0.25) is 0 Å². The summed E-state index contributed by atoms with van der Waals surface area (Å²) in [7, 11) is 0. The Morgan fingerprint density at radius 3 is 2.38 bits per heavy atom. The molecule has 0 saturated heterocycles. The third-order valence-corrected chi connectivity index (χ3v) is 2.67. The van der Waals surface area contributed by atoms with E-state index in [-0.39, 0.29) is 5.54 Å². The Hall–Kier alpha value is -0.820. The average Bonchev–Trinajstić information content (AvgIpc) is 2.85. The summed E-state index contributed by atoms with van der Waals surface area (Å²) >= 11 is 0. The summed E-state index contributed by atoms with van der Waals surface area (Å²) in [6.07, 6.45) is 2.68. The molecule has 0 unspecified atom stereocenters. The highest BCUT2D eigenvalue weighted by atomic mass is 14.7. The molecule has 0 spiro atoms. The molecule has 0 radical (unpaired) electrons. The molecule has 1 aliphatic rings. The van der Waals surface area contributed by atoms with Crippen LogP contribution in [-0.2, 0) is 5.54 Å².